The van der Waals surface area contributed by atoms with Crippen LogP contribution >= 0.6 is 0 Å². The van der Waals surface area contributed by atoms with E-state index in [1.807, 2.05) is 6.20 Å². The third kappa shape index (κ3) is 3.09. The van der Waals surface area contributed by atoms with Gasteiger partial charge in [-0.15, -0.1) is 0 Å². The Balaban J connectivity index is 1.77. The van der Waals surface area contributed by atoms with Crippen LogP contribution in [0.5, 0.6) is 0 Å². The molecule has 3 rings (SSSR count). The van der Waals surface area contributed by atoms with Gasteiger partial charge in [-0.3, -0.25) is 9.88 Å². The molecular weight excluding hydrogens is 258 g/mol. The smallest absolute Gasteiger partial charge is 0.0705 e. The number of pyridine rings is 1. The standard InChI is InChI=1S/C18H25N3/c1-3-14-12-21(11-9-17(14)19-2)13-15-8-10-20-18-7-5-4-6-16(15)18/h4-8,10,14,17,19H,3,9,11-13H2,1-2H3. The highest BCUT2D eigenvalue weighted by Gasteiger charge is 2.26. The van der Waals surface area contributed by atoms with Gasteiger partial charge in [-0.05, 0) is 43.6 Å². The van der Waals surface area contributed by atoms with Crippen LogP contribution in [0.1, 0.15) is 25.3 Å². The highest BCUT2D eigenvalue weighted by atomic mass is 15.1. The summed E-state index contributed by atoms with van der Waals surface area (Å²) in [5.74, 6) is 0.761. The molecule has 0 aliphatic carbocycles. The summed E-state index contributed by atoms with van der Waals surface area (Å²) in [4.78, 5) is 7.06. The fourth-order valence-electron chi connectivity index (χ4n) is 3.58. The van der Waals surface area contributed by atoms with E-state index >= 15 is 0 Å². The number of fused-ring (bicyclic) bond motifs is 1. The van der Waals surface area contributed by atoms with Crippen LogP contribution in [0, 0.1) is 5.92 Å². The highest BCUT2D eigenvalue weighted by Crippen LogP contribution is 2.24. The number of nitrogens with one attached hydrogen (secondary N) is 1. The van der Waals surface area contributed by atoms with E-state index in [-0.39, 0.29) is 0 Å². The SMILES string of the molecule is CCC1CN(Cc2ccnc3ccccc23)CCC1NC. The lowest BCUT2D eigenvalue weighted by Crippen LogP contribution is -2.47. The molecule has 1 aliphatic rings. The van der Waals surface area contributed by atoms with Crippen molar-refractivity contribution in [2.24, 2.45) is 5.92 Å². The first-order chi connectivity index (χ1) is 10.3. The molecule has 21 heavy (non-hydrogen) atoms. The minimum absolute atomic E-state index is 0.681. The lowest BCUT2D eigenvalue weighted by molar-refractivity contribution is 0.133. The molecule has 1 N–H and O–H groups in total. The summed E-state index contributed by atoms with van der Waals surface area (Å²) in [6, 6.07) is 11.3. The van der Waals surface area contributed by atoms with Crippen molar-refractivity contribution in [3.63, 3.8) is 0 Å². The van der Waals surface area contributed by atoms with E-state index < -0.39 is 0 Å². The Bertz CT molecular complexity index is 591. The second-order valence-electron chi connectivity index (χ2n) is 6.07. The van der Waals surface area contributed by atoms with Gasteiger partial charge in [0.05, 0.1) is 5.52 Å². The van der Waals surface area contributed by atoms with E-state index in [2.05, 4.69) is 59.5 Å². The van der Waals surface area contributed by atoms with Gasteiger partial charge in [-0.2, -0.15) is 0 Å². The number of hydrogen-bond donors (Lipinski definition) is 1. The predicted octanol–water partition coefficient (Wildman–Crippen LogP) is 3.05. The number of rotatable bonds is 4. The Labute approximate surface area is 127 Å². The Morgan fingerprint density at radius 1 is 1.29 bits per heavy atom. The third-order valence-electron chi connectivity index (χ3n) is 4.85. The molecule has 1 aliphatic heterocycles. The number of piperidine rings is 1. The van der Waals surface area contributed by atoms with Crippen molar-refractivity contribution >= 4 is 10.9 Å². The van der Waals surface area contributed by atoms with Crippen molar-refractivity contribution < 1.29 is 0 Å². The second-order valence-corrected chi connectivity index (χ2v) is 6.07. The van der Waals surface area contributed by atoms with E-state index in [1.165, 1.54) is 36.9 Å². The number of benzene rings is 1. The van der Waals surface area contributed by atoms with Crippen molar-refractivity contribution in [3.8, 4) is 0 Å². The fraction of sp³-hybridized carbons (Fsp3) is 0.500. The maximum Gasteiger partial charge on any atom is 0.0705 e. The molecule has 1 saturated heterocycles. The molecule has 0 amide bonds. The largest absolute Gasteiger partial charge is 0.317 e. The third-order valence-corrected chi connectivity index (χ3v) is 4.85. The average Bonchev–Trinajstić information content (AvgIpc) is 2.55. The van der Waals surface area contributed by atoms with E-state index in [4.69, 9.17) is 0 Å². The van der Waals surface area contributed by atoms with Gasteiger partial charge in [0.15, 0.2) is 0 Å². The zero-order valence-corrected chi connectivity index (χ0v) is 13.0. The molecule has 1 aromatic heterocycles. The first-order valence-corrected chi connectivity index (χ1v) is 8.04. The van der Waals surface area contributed by atoms with Gasteiger partial charge in [0.2, 0.25) is 0 Å². The van der Waals surface area contributed by atoms with Gasteiger partial charge in [0.1, 0.15) is 0 Å². The van der Waals surface area contributed by atoms with Crippen LogP contribution in [0.3, 0.4) is 0 Å². The predicted molar refractivity (Wildman–Crippen MR) is 88.3 cm³/mol. The van der Waals surface area contributed by atoms with Crippen LogP contribution in [0.25, 0.3) is 10.9 Å². The molecular formula is C18H25N3. The van der Waals surface area contributed by atoms with Crippen LogP contribution in [0.2, 0.25) is 0 Å². The van der Waals surface area contributed by atoms with Crippen LogP contribution in [-0.4, -0.2) is 36.1 Å². The normalized spacial score (nSPS) is 23.5. The van der Waals surface area contributed by atoms with Crippen molar-refractivity contribution in [1.29, 1.82) is 0 Å². The molecule has 112 valence electrons. The van der Waals surface area contributed by atoms with Gasteiger partial charge < -0.3 is 5.32 Å². The molecule has 0 bridgehead atoms. The number of likely N-dealkylation sites (tertiary alicyclic amines) is 1. The zero-order valence-electron chi connectivity index (χ0n) is 13.0. The summed E-state index contributed by atoms with van der Waals surface area (Å²) in [6.07, 6.45) is 4.44. The van der Waals surface area contributed by atoms with E-state index in [0.717, 1.165) is 18.0 Å². The number of aromatic nitrogens is 1. The molecule has 1 aromatic carbocycles. The molecule has 3 heteroatoms. The molecule has 2 atom stereocenters. The lowest BCUT2D eigenvalue weighted by Gasteiger charge is -2.38. The maximum absolute atomic E-state index is 4.46. The molecule has 2 heterocycles. The van der Waals surface area contributed by atoms with Crippen LogP contribution in [0.4, 0.5) is 0 Å². The van der Waals surface area contributed by atoms with Crippen molar-refractivity contribution in [2.45, 2.75) is 32.4 Å². The quantitative estimate of drug-likeness (QED) is 0.935. The van der Waals surface area contributed by atoms with Crippen molar-refractivity contribution in [2.75, 3.05) is 20.1 Å². The minimum Gasteiger partial charge on any atom is -0.317 e. The molecule has 0 radical (unpaired) electrons. The van der Waals surface area contributed by atoms with Crippen molar-refractivity contribution in [1.82, 2.24) is 15.2 Å². The summed E-state index contributed by atoms with van der Waals surface area (Å²) < 4.78 is 0. The number of para-hydroxylation sites is 1. The summed E-state index contributed by atoms with van der Waals surface area (Å²) in [6.45, 7) is 5.72. The van der Waals surface area contributed by atoms with Gasteiger partial charge in [0.25, 0.3) is 0 Å². The van der Waals surface area contributed by atoms with Crippen molar-refractivity contribution in [3.05, 3.63) is 42.1 Å². The Kier molecular flexibility index (Phi) is 4.51. The number of nitrogens with zero attached hydrogens (tertiary/aromatic N) is 2. The summed E-state index contributed by atoms with van der Waals surface area (Å²) in [5, 5.41) is 4.78. The van der Waals surface area contributed by atoms with Crippen LogP contribution in [0.15, 0.2) is 36.5 Å². The average molecular weight is 283 g/mol. The monoisotopic (exact) mass is 283 g/mol. The summed E-state index contributed by atoms with van der Waals surface area (Å²) in [5.41, 5.74) is 2.51. The van der Waals surface area contributed by atoms with Gasteiger partial charge in [-0.25, -0.2) is 0 Å². The second kappa shape index (κ2) is 6.54. The summed E-state index contributed by atoms with van der Waals surface area (Å²) in [7, 11) is 2.10. The lowest BCUT2D eigenvalue weighted by atomic mass is 9.89. The fourth-order valence-corrected chi connectivity index (χ4v) is 3.58. The van der Waals surface area contributed by atoms with Crippen LogP contribution < -0.4 is 5.32 Å². The van der Waals surface area contributed by atoms with E-state index in [0.29, 0.717) is 6.04 Å². The van der Waals surface area contributed by atoms with Gasteiger partial charge >= 0.3 is 0 Å². The minimum atomic E-state index is 0.681. The van der Waals surface area contributed by atoms with Gasteiger partial charge in [0, 0.05) is 30.7 Å². The Morgan fingerprint density at radius 2 is 2.14 bits per heavy atom. The van der Waals surface area contributed by atoms with E-state index in [9.17, 15) is 0 Å². The Morgan fingerprint density at radius 3 is 2.95 bits per heavy atom. The summed E-state index contributed by atoms with van der Waals surface area (Å²) >= 11 is 0. The van der Waals surface area contributed by atoms with E-state index in [1.54, 1.807) is 0 Å². The Hall–Kier alpha value is -1.45. The molecule has 2 unspecified atom stereocenters. The van der Waals surface area contributed by atoms with Gasteiger partial charge in [-0.1, -0.05) is 31.5 Å². The first-order valence-electron chi connectivity index (χ1n) is 8.04. The van der Waals surface area contributed by atoms with Crippen LogP contribution in [-0.2, 0) is 6.54 Å². The zero-order chi connectivity index (χ0) is 14.7. The molecule has 3 nitrogen and oxygen atoms in total. The molecule has 1 fully saturated rings. The molecule has 0 saturated carbocycles. The highest BCUT2D eigenvalue weighted by molar-refractivity contribution is 5.81. The molecule has 0 spiro atoms. The topological polar surface area (TPSA) is 28.2 Å². The number of hydrogen-bond acceptors (Lipinski definition) is 3. The first kappa shape index (κ1) is 14.5. The maximum atomic E-state index is 4.46. The molecule has 2 aromatic rings.